The van der Waals surface area contributed by atoms with E-state index in [2.05, 4.69) is 33.9 Å². The minimum absolute atomic E-state index is 0.690. The fraction of sp³-hybridized carbons (Fsp3) is 0.667. The summed E-state index contributed by atoms with van der Waals surface area (Å²) in [5.41, 5.74) is 2.61. The molecular formula is C12H22. The summed E-state index contributed by atoms with van der Waals surface area (Å²) in [6.07, 6.45) is 5.05. The topological polar surface area (TPSA) is 0 Å². The van der Waals surface area contributed by atoms with Gasteiger partial charge in [-0.2, -0.15) is 0 Å². The molecule has 0 nitrogen and oxygen atoms in total. The molecule has 1 unspecified atom stereocenters. The van der Waals surface area contributed by atoms with Crippen LogP contribution < -0.4 is 0 Å². The summed E-state index contributed by atoms with van der Waals surface area (Å²) in [6.45, 7) is 14.3. The number of allylic oxidation sites excluding steroid dienone is 2. The lowest BCUT2D eigenvalue weighted by atomic mass is 9.96. The predicted octanol–water partition coefficient (Wildman–Crippen LogP) is 4.34. The fourth-order valence-electron chi connectivity index (χ4n) is 1.12. The first kappa shape index (κ1) is 11.5. The van der Waals surface area contributed by atoms with E-state index in [1.165, 1.54) is 36.8 Å². The second-order valence-corrected chi connectivity index (χ2v) is 3.95. The van der Waals surface area contributed by atoms with Crippen molar-refractivity contribution in [1.29, 1.82) is 0 Å². The first-order chi connectivity index (χ1) is 5.54. The molecular weight excluding hydrogens is 144 g/mol. The minimum Gasteiger partial charge on any atom is -0.100 e. The first-order valence-corrected chi connectivity index (χ1v) is 4.83. The van der Waals surface area contributed by atoms with Gasteiger partial charge in [0.15, 0.2) is 0 Å². The highest BCUT2D eigenvalue weighted by molar-refractivity contribution is 4.93. The van der Waals surface area contributed by atoms with E-state index in [-0.39, 0.29) is 0 Å². The summed E-state index contributed by atoms with van der Waals surface area (Å²) in [5, 5.41) is 0. The Balaban J connectivity index is 3.31. The minimum atomic E-state index is 0.690. The average Bonchev–Trinajstić information content (AvgIpc) is 1.97. The Morgan fingerprint density at radius 3 is 2.17 bits per heavy atom. The highest BCUT2D eigenvalue weighted by atomic mass is 14.1. The maximum absolute atomic E-state index is 3.95. The van der Waals surface area contributed by atoms with Crippen LogP contribution in [0.25, 0.3) is 0 Å². The molecule has 0 bridgehead atoms. The van der Waals surface area contributed by atoms with Crippen molar-refractivity contribution >= 4 is 0 Å². The van der Waals surface area contributed by atoms with E-state index >= 15 is 0 Å². The number of rotatable bonds is 6. The second-order valence-electron chi connectivity index (χ2n) is 3.95. The Labute approximate surface area is 77.4 Å². The Morgan fingerprint density at radius 1 is 1.17 bits per heavy atom. The average molecular weight is 166 g/mol. The van der Waals surface area contributed by atoms with Gasteiger partial charge in [-0.15, -0.1) is 6.58 Å². The van der Waals surface area contributed by atoms with Crippen LogP contribution in [-0.2, 0) is 0 Å². The van der Waals surface area contributed by atoms with Gasteiger partial charge in [-0.25, -0.2) is 0 Å². The van der Waals surface area contributed by atoms with Crippen LogP contribution in [0.1, 0.15) is 46.5 Å². The van der Waals surface area contributed by atoms with Crippen molar-refractivity contribution in [2.45, 2.75) is 46.5 Å². The van der Waals surface area contributed by atoms with Crippen molar-refractivity contribution in [3.8, 4) is 0 Å². The van der Waals surface area contributed by atoms with Crippen molar-refractivity contribution in [1.82, 2.24) is 0 Å². The van der Waals surface area contributed by atoms with Crippen LogP contribution in [0.3, 0.4) is 0 Å². The van der Waals surface area contributed by atoms with E-state index in [9.17, 15) is 0 Å². The first-order valence-electron chi connectivity index (χ1n) is 4.83. The van der Waals surface area contributed by atoms with Crippen molar-refractivity contribution in [3.63, 3.8) is 0 Å². The van der Waals surface area contributed by atoms with Gasteiger partial charge in [-0.1, -0.05) is 31.1 Å². The van der Waals surface area contributed by atoms with Gasteiger partial charge in [-0.3, -0.25) is 0 Å². The van der Waals surface area contributed by atoms with Crippen molar-refractivity contribution in [2.24, 2.45) is 5.92 Å². The van der Waals surface area contributed by atoms with E-state index in [1.807, 2.05) is 0 Å². The largest absolute Gasteiger partial charge is 0.100 e. The molecule has 12 heavy (non-hydrogen) atoms. The fourth-order valence-corrected chi connectivity index (χ4v) is 1.12. The molecule has 0 spiro atoms. The zero-order valence-corrected chi connectivity index (χ0v) is 8.82. The zero-order valence-electron chi connectivity index (χ0n) is 8.82. The Bertz CT molecular complexity index is 153. The lowest BCUT2D eigenvalue weighted by molar-refractivity contribution is 0.559. The molecule has 0 aliphatic rings. The van der Waals surface area contributed by atoms with Crippen LogP contribution in [0.2, 0.25) is 0 Å². The van der Waals surface area contributed by atoms with Gasteiger partial charge in [-0.05, 0) is 39.0 Å². The molecule has 0 saturated carbocycles. The van der Waals surface area contributed by atoms with E-state index in [4.69, 9.17) is 0 Å². The normalized spacial score (nSPS) is 12.6. The molecule has 70 valence electrons. The van der Waals surface area contributed by atoms with Crippen LogP contribution in [-0.4, -0.2) is 0 Å². The molecule has 0 N–H and O–H groups in total. The molecule has 0 aliphatic carbocycles. The van der Waals surface area contributed by atoms with Crippen molar-refractivity contribution in [3.05, 3.63) is 24.3 Å². The molecule has 1 atom stereocenters. The van der Waals surface area contributed by atoms with Crippen LogP contribution in [0, 0.1) is 5.92 Å². The smallest absolute Gasteiger partial charge is 0.0237 e. The molecule has 0 rings (SSSR count). The van der Waals surface area contributed by atoms with Crippen molar-refractivity contribution in [2.75, 3.05) is 0 Å². The van der Waals surface area contributed by atoms with Gasteiger partial charge >= 0.3 is 0 Å². The second kappa shape index (κ2) is 6.05. The molecule has 0 heterocycles. The zero-order chi connectivity index (χ0) is 9.56. The Morgan fingerprint density at radius 2 is 1.75 bits per heavy atom. The Hall–Kier alpha value is -0.520. The van der Waals surface area contributed by atoms with Gasteiger partial charge < -0.3 is 0 Å². The summed E-state index contributed by atoms with van der Waals surface area (Å²) in [5.74, 6) is 0.690. The van der Waals surface area contributed by atoms with Gasteiger partial charge in [0, 0.05) is 0 Å². The molecule has 0 aliphatic heterocycles. The van der Waals surface area contributed by atoms with Gasteiger partial charge in [0.2, 0.25) is 0 Å². The lowest BCUT2D eigenvalue weighted by Crippen LogP contribution is -1.94. The third-order valence-electron chi connectivity index (χ3n) is 2.33. The molecule has 0 aromatic rings. The molecule has 0 amide bonds. The number of hydrogen-bond donors (Lipinski definition) is 0. The Kier molecular flexibility index (Phi) is 5.79. The molecule has 0 aromatic heterocycles. The van der Waals surface area contributed by atoms with Gasteiger partial charge in [0.1, 0.15) is 0 Å². The van der Waals surface area contributed by atoms with Crippen LogP contribution in [0.15, 0.2) is 24.3 Å². The van der Waals surface area contributed by atoms with E-state index in [0.29, 0.717) is 5.92 Å². The SMILES string of the molecule is C=C(C)CCCCC(C)C(=C)C. The molecule has 0 fully saturated rings. The van der Waals surface area contributed by atoms with Crippen molar-refractivity contribution < 1.29 is 0 Å². The monoisotopic (exact) mass is 166 g/mol. The summed E-state index contributed by atoms with van der Waals surface area (Å²) >= 11 is 0. The highest BCUT2D eigenvalue weighted by Gasteiger charge is 2.01. The van der Waals surface area contributed by atoms with Crippen LogP contribution in [0.5, 0.6) is 0 Å². The number of unbranched alkanes of at least 4 members (excludes halogenated alkanes) is 1. The summed E-state index contributed by atoms with van der Waals surface area (Å²) in [6, 6.07) is 0. The number of hydrogen-bond acceptors (Lipinski definition) is 0. The summed E-state index contributed by atoms with van der Waals surface area (Å²) < 4.78 is 0. The third-order valence-corrected chi connectivity index (χ3v) is 2.33. The molecule has 0 aromatic carbocycles. The van der Waals surface area contributed by atoms with Crippen LogP contribution in [0.4, 0.5) is 0 Å². The summed E-state index contributed by atoms with van der Waals surface area (Å²) in [4.78, 5) is 0. The molecule has 0 radical (unpaired) electrons. The predicted molar refractivity (Wildman–Crippen MR) is 57.3 cm³/mol. The maximum atomic E-state index is 3.95. The highest BCUT2D eigenvalue weighted by Crippen LogP contribution is 2.16. The van der Waals surface area contributed by atoms with E-state index in [1.54, 1.807) is 0 Å². The lowest BCUT2D eigenvalue weighted by Gasteiger charge is -2.09. The van der Waals surface area contributed by atoms with Gasteiger partial charge in [0.05, 0.1) is 0 Å². The van der Waals surface area contributed by atoms with Crippen LogP contribution >= 0.6 is 0 Å². The standard InChI is InChI=1S/C12H22/c1-10(2)8-6-7-9-12(5)11(3)4/h12H,1,3,6-9H2,2,4-5H3. The third kappa shape index (κ3) is 6.21. The van der Waals surface area contributed by atoms with E-state index in [0.717, 1.165) is 0 Å². The molecule has 0 heteroatoms. The molecule has 0 saturated heterocycles. The maximum Gasteiger partial charge on any atom is -0.0237 e. The van der Waals surface area contributed by atoms with E-state index < -0.39 is 0 Å². The quantitative estimate of drug-likeness (QED) is 0.407. The van der Waals surface area contributed by atoms with Gasteiger partial charge in [0.25, 0.3) is 0 Å². The summed E-state index contributed by atoms with van der Waals surface area (Å²) in [7, 11) is 0.